The van der Waals surface area contributed by atoms with Crippen molar-refractivity contribution in [1.82, 2.24) is 0 Å². The molecule has 86 valence electrons. The number of carbonyl (C=O) groups excluding carboxylic acids is 1. The molecule has 0 saturated heterocycles. The van der Waals surface area contributed by atoms with E-state index in [4.69, 9.17) is 5.26 Å². The first-order valence-electron chi connectivity index (χ1n) is 5.46. The summed E-state index contributed by atoms with van der Waals surface area (Å²) >= 11 is 0. The van der Waals surface area contributed by atoms with Crippen LogP contribution in [0.3, 0.4) is 0 Å². The van der Waals surface area contributed by atoms with E-state index in [-0.39, 0.29) is 18.2 Å². The van der Waals surface area contributed by atoms with Gasteiger partial charge in [-0.1, -0.05) is 12.1 Å². The summed E-state index contributed by atoms with van der Waals surface area (Å²) in [6, 6.07) is 9.63. The quantitative estimate of drug-likeness (QED) is 0.778. The topological polar surface area (TPSA) is 56.5 Å². The molecule has 17 heavy (non-hydrogen) atoms. The predicted octanol–water partition coefficient (Wildman–Crippen LogP) is 2.25. The van der Waals surface area contributed by atoms with Crippen LogP contribution in [-0.4, -0.2) is 11.6 Å². The zero-order valence-electron chi connectivity index (χ0n) is 9.84. The molecule has 1 heterocycles. The van der Waals surface area contributed by atoms with Crippen LogP contribution in [0.2, 0.25) is 0 Å². The van der Waals surface area contributed by atoms with E-state index in [1.165, 1.54) is 5.01 Å². The molecular weight excluding hydrogens is 214 g/mol. The van der Waals surface area contributed by atoms with E-state index < -0.39 is 0 Å². The number of hydrogen-bond donors (Lipinski definition) is 0. The number of amides is 1. The molecule has 0 fully saturated rings. The number of carbonyl (C=O) groups is 1. The van der Waals surface area contributed by atoms with Crippen molar-refractivity contribution in [3.05, 3.63) is 29.8 Å². The van der Waals surface area contributed by atoms with Crippen LogP contribution in [0.25, 0.3) is 0 Å². The standard InChI is InChI=1S/C13H13N3O/c1-9-4-3-5-11(8-9)16-13(17)12(6-7-14)10(2)15-16/h3-5,8,12H,6H2,1-2H3. The molecule has 1 aromatic carbocycles. The van der Waals surface area contributed by atoms with E-state index >= 15 is 0 Å². The second kappa shape index (κ2) is 4.38. The number of hydrazone groups is 1. The van der Waals surface area contributed by atoms with Gasteiger partial charge in [-0.3, -0.25) is 4.79 Å². The Hall–Kier alpha value is -2.15. The minimum absolute atomic E-state index is 0.116. The third-order valence-corrected chi connectivity index (χ3v) is 2.81. The van der Waals surface area contributed by atoms with Crippen LogP contribution in [0.5, 0.6) is 0 Å². The van der Waals surface area contributed by atoms with E-state index in [0.29, 0.717) is 5.71 Å². The van der Waals surface area contributed by atoms with Crippen LogP contribution in [-0.2, 0) is 4.79 Å². The lowest BCUT2D eigenvalue weighted by molar-refractivity contribution is -0.119. The SMILES string of the molecule is CC1=NN(c2cccc(C)c2)C(=O)C1CC#N. The Morgan fingerprint density at radius 2 is 2.24 bits per heavy atom. The van der Waals surface area contributed by atoms with Crippen LogP contribution in [0.1, 0.15) is 18.9 Å². The highest BCUT2D eigenvalue weighted by atomic mass is 16.2. The Labute approximate surface area is 100 Å². The van der Waals surface area contributed by atoms with Crippen molar-refractivity contribution in [2.45, 2.75) is 20.3 Å². The minimum Gasteiger partial charge on any atom is -0.272 e. The molecule has 0 spiro atoms. The molecule has 1 amide bonds. The largest absolute Gasteiger partial charge is 0.272 e. The molecule has 1 aliphatic heterocycles. The summed E-state index contributed by atoms with van der Waals surface area (Å²) in [4.78, 5) is 12.1. The molecule has 0 aliphatic carbocycles. The summed E-state index contributed by atoms with van der Waals surface area (Å²) in [5.41, 5.74) is 2.54. The van der Waals surface area contributed by atoms with Gasteiger partial charge in [0.1, 0.15) is 0 Å². The summed E-state index contributed by atoms with van der Waals surface area (Å²) in [6.45, 7) is 3.75. The Balaban J connectivity index is 2.31. The molecular formula is C13H13N3O. The highest BCUT2D eigenvalue weighted by Crippen LogP contribution is 2.25. The Kier molecular flexibility index (Phi) is 2.92. The van der Waals surface area contributed by atoms with Gasteiger partial charge in [-0.25, -0.2) is 5.01 Å². The van der Waals surface area contributed by atoms with E-state index in [0.717, 1.165) is 11.3 Å². The maximum absolute atomic E-state index is 12.1. The first kappa shape index (κ1) is 11.3. The molecule has 0 radical (unpaired) electrons. The summed E-state index contributed by atoms with van der Waals surface area (Å²) in [5.74, 6) is -0.504. The molecule has 2 rings (SSSR count). The zero-order chi connectivity index (χ0) is 12.4. The molecule has 0 saturated carbocycles. The van der Waals surface area contributed by atoms with Crippen molar-refractivity contribution >= 4 is 17.3 Å². The maximum Gasteiger partial charge on any atom is 0.257 e. The van der Waals surface area contributed by atoms with Gasteiger partial charge in [-0.05, 0) is 31.5 Å². The van der Waals surface area contributed by atoms with Gasteiger partial charge in [0.05, 0.1) is 24.1 Å². The normalized spacial score (nSPS) is 19.1. The van der Waals surface area contributed by atoms with Gasteiger partial charge in [0, 0.05) is 5.71 Å². The molecule has 1 atom stereocenters. The highest BCUT2D eigenvalue weighted by Gasteiger charge is 2.33. The third-order valence-electron chi connectivity index (χ3n) is 2.81. The third kappa shape index (κ3) is 2.04. The van der Waals surface area contributed by atoms with Gasteiger partial charge < -0.3 is 0 Å². The highest BCUT2D eigenvalue weighted by molar-refractivity contribution is 6.14. The van der Waals surface area contributed by atoms with Crippen LogP contribution >= 0.6 is 0 Å². The number of nitrogens with zero attached hydrogens (tertiary/aromatic N) is 3. The van der Waals surface area contributed by atoms with Crippen molar-refractivity contribution in [3.63, 3.8) is 0 Å². The fourth-order valence-corrected chi connectivity index (χ4v) is 1.87. The van der Waals surface area contributed by atoms with Crippen LogP contribution < -0.4 is 5.01 Å². The fraction of sp³-hybridized carbons (Fsp3) is 0.308. The Morgan fingerprint density at radius 1 is 1.47 bits per heavy atom. The summed E-state index contributed by atoms with van der Waals surface area (Å²) in [6.07, 6.45) is 0.191. The van der Waals surface area contributed by atoms with Gasteiger partial charge in [0.25, 0.3) is 5.91 Å². The van der Waals surface area contributed by atoms with Crippen molar-refractivity contribution in [3.8, 4) is 6.07 Å². The van der Waals surface area contributed by atoms with Crippen molar-refractivity contribution in [2.75, 3.05) is 5.01 Å². The van der Waals surface area contributed by atoms with Gasteiger partial charge in [0.15, 0.2) is 0 Å². The van der Waals surface area contributed by atoms with Crippen LogP contribution in [0.15, 0.2) is 29.4 Å². The van der Waals surface area contributed by atoms with E-state index in [1.54, 1.807) is 6.92 Å². The number of aryl methyl sites for hydroxylation is 1. The van der Waals surface area contributed by atoms with Crippen molar-refractivity contribution < 1.29 is 4.79 Å². The lowest BCUT2D eigenvalue weighted by Crippen LogP contribution is -2.26. The first-order valence-corrected chi connectivity index (χ1v) is 5.46. The minimum atomic E-state index is -0.388. The van der Waals surface area contributed by atoms with Gasteiger partial charge in [-0.15, -0.1) is 0 Å². The number of nitriles is 1. The lowest BCUT2D eigenvalue weighted by atomic mass is 10.0. The van der Waals surface area contributed by atoms with Crippen LogP contribution in [0.4, 0.5) is 5.69 Å². The summed E-state index contributed by atoms with van der Waals surface area (Å²) < 4.78 is 0. The molecule has 0 bridgehead atoms. The Bertz CT molecular complexity index is 528. The van der Waals surface area contributed by atoms with Gasteiger partial charge >= 0.3 is 0 Å². The second-order valence-corrected chi connectivity index (χ2v) is 4.15. The Morgan fingerprint density at radius 3 is 2.88 bits per heavy atom. The number of rotatable bonds is 2. The van der Waals surface area contributed by atoms with Gasteiger partial charge in [0.2, 0.25) is 0 Å². The summed E-state index contributed by atoms with van der Waals surface area (Å²) in [5, 5.41) is 14.3. The monoisotopic (exact) mass is 227 g/mol. The second-order valence-electron chi connectivity index (χ2n) is 4.15. The lowest BCUT2D eigenvalue weighted by Gasteiger charge is -2.13. The molecule has 1 unspecified atom stereocenters. The molecule has 1 aromatic rings. The van der Waals surface area contributed by atoms with Crippen molar-refractivity contribution in [2.24, 2.45) is 11.0 Å². The van der Waals surface area contributed by atoms with Crippen LogP contribution in [0, 0.1) is 24.2 Å². The fourth-order valence-electron chi connectivity index (χ4n) is 1.87. The molecule has 0 N–H and O–H groups in total. The average Bonchev–Trinajstić information content (AvgIpc) is 2.57. The number of hydrogen-bond acceptors (Lipinski definition) is 3. The molecule has 1 aliphatic rings. The van der Waals surface area contributed by atoms with E-state index in [9.17, 15) is 4.79 Å². The summed E-state index contributed by atoms with van der Waals surface area (Å²) in [7, 11) is 0. The van der Waals surface area contributed by atoms with Gasteiger partial charge in [-0.2, -0.15) is 10.4 Å². The van der Waals surface area contributed by atoms with E-state index in [2.05, 4.69) is 5.10 Å². The number of anilines is 1. The maximum atomic E-state index is 12.1. The zero-order valence-corrected chi connectivity index (χ0v) is 9.84. The van der Waals surface area contributed by atoms with E-state index in [1.807, 2.05) is 37.3 Å². The molecule has 0 aromatic heterocycles. The average molecular weight is 227 g/mol. The molecule has 4 nitrogen and oxygen atoms in total. The first-order chi connectivity index (χ1) is 8.13. The molecule has 4 heteroatoms. The smallest absolute Gasteiger partial charge is 0.257 e. The number of benzene rings is 1. The van der Waals surface area contributed by atoms with Crippen molar-refractivity contribution in [1.29, 1.82) is 5.26 Å². The predicted molar refractivity (Wildman–Crippen MR) is 65.5 cm³/mol.